The first-order valence-electron chi connectivity index (χ1n) is 5.32. The van der Waals surface area contributed by atoms with Crippen LogP contribution in [0.2, 0.25) is 5.02 Å². The molecule has 0 aromatic heterocycles. The van der Waals surface area contributed by atoms with E-state index in [9.17, 15) is 0 Å². The van der Waals surface area contributed by atoms with Gasteiger partial charge in [-0.2, -0.15) is 0 Å². The summed E-state index contributed by atoms with van der Waals surface area (Å²) in [6.07, 6.45) is 2.03. The zero-order valence-electron chi connectivity index (χ0n) is 9.29. The summed E-state index contributed by atoms with van der Waals surface area (Å²) in [6, 6.07) is 6.26. The topological polar surface area (TPSA) is 26.0 Å². The Morgan fingerprint density at radius 1 is 1.47 bits per heavy atom. The van der Waals surface area contributed by atoms with E-state index in [1.807, 2.05) is 17.8 Å². The molecule has 1 aromatic rings. The number of hydrogen-bond acceptors (Lipinski definition) is 2. The molecule has 0 spiro atoms. The van der Waals surface area contributed by atoms with Gasteiger partial charge in [-0.1, -0.05) is 31.5 Å². The second-order valence-electron chi connectivity index (χ2n) is 3.63. The molecule has 3 heteroatoms. The molecule has 0 amide bonds. The molecule has 1 unspecified atom stereocenters. The van der Waals surface area contributed by atoms with Gasteiger partial charge in [-0.25, -0.2) is 0 Å². The largest absolute Gasteiger partial charge is 0.330 e. The normalized spacial score (nSPS) is 12.8. The maximum absolute atomic E-state index is 6.17. The highest BCUT2D eigenvalue weighted by Gasteiger charge is 2.05. The van der Waals surface area contributed by atoms with Crippen LogP contribution < -0.4 is 5.73 Å². The van der Waals surface area contributed by atoms with Crippen LogP contribution in [-0.2, 0) is 6.42 Å². The summed E-state index contributed by atoms with van der Waals surface area (Å²) >= 11 is 8.03. The third kappa shape index (κ3) is 4.06. The summed E-state index contributed by atoms with van der Waals surface area (Å²) in [5.74, 6) is 0. The Bertz CT molecular complexity index is 314. The second-order valence-corrected chi connectivity index (χ2v) is 5.55. The fraction of sp³-hybridized carbons (Fsp3) is 0.500. The van der Waals surface area contributed by atoms with Crippen LogP contribution in [0.25, 0.3) is 0 Å². The Morgan fingerprint density at radius 3 is 2.73 bits per heavy atom. The van der Waals surface area contributed by atoms with Crippen LogP contribution in [-0.4, -0.2) is 11.8 Å². The molecule has 1 rings (SSSR count). The van der Waals surface area contributed by atoms with Crippen LogP contribution in [0, 0.1) is 0 Å². The van der Waals surface area contributed by atoms with E-state index in [0.717, 1.165) is 17.0 Å². The third-order valence-corrected chi connectivity index (χ3v) is 3.96. The predicted molar refractivity (Wildman–Crippen MR) is 69.8 cm³/mol. The van der Waals surface area contributed by atoms with E-state index in [2.05, 4.69) is 26.0 Å². The molecule has 84 valence electrons. The number of thioether (sulfide) groups is 1. The van der Waals surface area contributed by atoms with Crippen LogP contribution in [0.1, 0.15) is 25.8 Å². The average Bonchev–Trinajstić information content (AvgIpc) is 2.22. The molecule has 0 aliphatic carbocycles. The van der Waals surface area contributed by atoms with Crippen molar-refractivity contribution in [2.24, 2.45) is 5.73 Å². The highest BCUT2D eigenvalue weighted by molar-refractivity contribution is 7.99. The van der Waals surface area contributed by atoms with Gasteiger partial charge in [-0.3, -0.25) is 0 Å². The van der Waals surface area contributed by atoms with E-state index < -0.39 is 0 Å². The first-order chi connectivity index (χ1) is 7.17. The Morgan fingerprint density at radius 2 is 2.20 bits per heavy atom. The van der Waals surface area contributed by atoms with Crippen LogP contribution in [0.15, 0.2) is 23.1 Å². The molecule has 1 aromatic carbocycles. The molecule has 0 aliphatic heterocycles. The van der Waals surface area contributed by atoms with E-state index in [0.29, 0.717) is 11.8 Å². The van der Waals surface area contributed by atoms with Crippen LogP contribution in [0.5, 0.6) is 0 Å². The molecule has 1 atom stereocenters. The van der Waals surface area contributed by atoms with Gasteiger partial charge in [-0.05, 0) is 37.1 Å². The average molecular weight is 244 g/mol. The lowest BCUT2D eigenvalue weighted by Gasteiger charge is -2.10. The molecule has 0 heterocycles. The Labute approximate surface area is 101 Å². The van der Waals surface area contributed by atoms with Gasteiger partial charge in [-0.15, -0.1) is 11.8 Å². The maximum atomic E-state index is 6.17. The predicted octanol–water partition coefficient (Wildman–Crippen LogP) is 3.73. The summed E-state index contributed by atoms with van der Waals surface area (Å²) in [7, 11) is 0. The van der Waals surface area contributed by atoms with Gasteiger partial charge in [0.2, 0.25) is 0 Å². The minimum Gasteiger partial charge on any atom is -0.330 e. The van der Waals surface area contributed by atoms with Crippen molar-refractivity contribution < 1.29 is 0 Å². The van der Waals surface area contributed by atoms with Crippen molar-refractivity contribution in [3.63, 3.8) is 0 Å². The van der Waals surface area contributed by atoms with Gasteiger partial charge in [0.05, 0.1) is 0 Å². The molecule has 0 fully saturated rings. The molecule has 0 aliphatic rings. The smallest absolute Gasteiger partial charge is 0.0449 e. The van der Waals surface area contributed by atoms with Crippen molar-refractivity contribution in [1.29, 1.82) is 0 Å². The molecule has 0 saturated heterocycles. The molecule has 1 nitrogen and oxygen atoms in total. The van der Waals surface area contributed by atoms with Crippen molar-refractivity contribution in [2.75, 3.05) is 6.54 Å². The zero-order valence-corrected chi connectivity index (χ0v) is 10.9. The molecule has 0 bridgehead atoms. The molecule has 15 heavy (non-hydrogen) atoms. The molecular formula is C12H18ClNS. The molecule has 0 saturated carbocycles. The van der Waals surface area contributed by atoms with E-state index in [4.69, 9.17) is 17.3 Å². The van der Waals surface area contributed by atoms with E-state index in [1.165, 1.54) is 11.3 Å². The molecular weight excluding hydrogens is 226 g/mol. The van der Waals surface area contributed by atoms with Crippen molar-refractivity contribution in [3.8, 4) is 0 Å². The minimum atomic E-state index is 0.640. The summed E-state index contributed by atoms with van der Waals surface area (Å²) < 4.78 is 0. The molecule has 2 N–H and O–H groups in total. The van der Waals surface area contributed by atoms with E-state index in [-0.39, 0.29) is 0 Å². The van der Waals surface area contributed by atoms with Gasteiger partial charge in [0.15, 0.2) is 0 Å². The van der Waals surface area contributed by atoms with Crippen LogP contribution >= 0.6 is 23.4 Å². The third-order valence-electron chi connectivity index (χ3n) is 2.35. The quantitative estimate of drug-likeness (QED) is 0.798. The summed E-state index contributed by atoms with van der Waals surface area (Å²) in [6.45, 7) is 5.08. The summed E-state index contributed by atoms with van der Waals surface area (Å²) in [5.41, 5.74) is 6.65. The monoisotopic (exact) mass is 243 g/mol. The lowest BCUT2D eigenvalue weighted by atomic mass is 10.1. The lowest BCUT2D eigenvalue weighted by molar-refractivity contribution is 0.905. The van der Waals surface area contributed by atoms with Crippen molar-refractivity contribution in [1.82, 2.24) is 0 Å². The van der Waals surface area contributed by atoms with Gasteiger partial charge < -0.3 is 5.73 Å². The molecule has 0 radical (unpaired) electrons. The van der Waals surface area contributed by atoms with E-state index in [1.54, 1.807) is 0 Å². The second kappa shape index (κ2) is 6.41. The number of nitrogens with two attached hydrogens (primary N) is 1. The van der Waals surface area contributed by atoms with Gasteiger partial charge >= 0.3 is 0 Å². The Balaban J connectivity index is 2.73. The lowest BCUT2D eigenvalue weighted by Crippen LogP contribution is -2.03. The highest BCUT2D eigenvalue weighted by atomic mass is 35.5. The first kappa shape index (κ1) is 12.9. The van der Waals surface area contributed by atoms with Crippen LogP contribution in [0.3, 0.4) is 0 Å². The van der Waals surface area contributed by atoms with Gasteiger partial charge in [0.1, 0.15) is 0 Å². The SMILES string of the molecule is CCC(C)Sc1ccc(CCN)c(Cl)c1. The highest BCUT2D eigenvalue weighted by Crippen LogP contribution is 2.29. The van der Waals surface area contributed by atoms with Crippen LogP contribution in [0.4, 0.5) is 0 Å². The summed E-state index contributed by atoms with van der Waals surface area (Å²) in [4.78, 5) is 1.25. The van der Waals surface area contributed by atoms with Crippen molar-refractivity contribution in [2.45, 2.75) is 36.8 Å². The van der Waals surface area contributed by atoms with Gasteiger partial charge in [0.25, 0.3) is 0 Å². The van der Waals surface area contributed by atoms with Crippen molar-refractivity contribution in [3.05, 3.63) is 28.8 Å². The maximum Gasteiger partial charge on any atom is 0.0449 e. The Hall–Kier alpha value is -0.180. The number of benzene rings is 1. The van der Waals surface area contributed by atoms with E-state index >= 15 is 0 Å². The van der Waals surface area contributed by atoms with Crippen molar-refractivity contribution >= 4 is 23.4 Å². The fourth-order valence-electron chi connectivity index (χ4n) is 1.28. The van der Waals surface area contributed by atoms with Gasteiger partial charge in [0, 0.05) is 15.2 Å². The Kier molecular flexibility index (Phi) is 5.51. The minimum absolute atomic E-state index is 0.640. The summed E-state index contributed by atoms with van der Waals surface area (Å²) in [5, 5.41) is 1.48. The first-order valence-corrected chi connectivity index (χ1v) is 6.58. The number of hydrogen-bond donors (Lipinski definition) is 1. The number of rotatable bonds is 5. The number of halogens is 1. The standard InChI is InChI=1S/C12H18ClNS/c1-3-9(2)15-11-5-4-10(6-7-14)12(13)8-11/h4-5,8-9H,3,6-7,14H2,1-2H3. The fourth-order valence-corrected chi connectivity index (χ4v) is 2.58. The zero-order chi connectivity index (χ0) is 11.3.